The maximum absolute atomic E-state index is 4.39. The standard InChI is InChI=1S/C11H15N3/c1-14(2)10-5-3-4-9(8-10)11-12-6-7-13-11/h3-5,8H,6-7H2,1-2H3,(H,12,13). The lowest BCUT2D eigenvalue weighted by Gasteiger charge is -2.13. The molecule has 0 saturated heterocycles. The Kier molecular flexibility index (Phi) is 2.39. The molecule has 0 aromatic heterocycles. The lowest BCUT2D eigenvalue weighted by atomic mass is 10.2. The molecule has 0 amide bonds. The van der Waals surface area contributed by atoms with Crippen molar-refractivity contribution in [2.75, 3.05) is 32.1 Å². The minimum atomic E-state index is 0.890. The third kappa shape index (κ3) is 1.71. The molecule has 1 N–H and O–H groups in total. The van der Waals surface area contributed by atoms with Crippen LogP contribution < -0.4 is 10.2 Å². The first kappa shape index (κ1) is 9.06. The number of benzene rings is 1. The minimum absolute atomic E-state index is 0.890. The highest BCUT2D eigenvalue weighted by Gasteiger charge is 2.08. The highest BCUT2D eigenvalue weighted by Crippen LogP contribution is 2.14. The van der Waals surface area contributed by atoms with E-state index in [4.69, 9.17) is 0 Å². The van der Waals surface area contributed by atoms with E-state index >= 15 is 0 Å². The fourth-order valence-corrected chi connectivity index (χ4v) is 1.52. The predicted octanol–water partition coefficient (Wildman–Crippen LogP) is 1.10. The quantitative estimate of drug-likeness (QED) is 0.754. The van der Waals surface area contributed by atoms with Crippen molar-refractivity contribution >= 4 is 11.5 Å². The van der Waals surface area contributed by atoms with Crippen LogP contribution >= 0.6 is 0 Å². The molecule has 3 nitrogen and oxygen atoms in total. The zero-order chi connectivity index (χ0) is 9.97. The van der Waals surface area contributed by atoms with Crippen molar-refractivity contribution in [3.63, 3.8) is 0 Å². The van der Waals surface area contributed by atoms with Gasteiger partial charge in [-0.3, -0.25) is 4.99 Å². The fourth-order valence-electron chi connectivity index (χ4n) is 1.52. The van der Waals surface area contributed by atoms with Crippen LogP contribution in [0.25, 0.3) is 0 Å². The van der Waals surface area contributed by atoms with Gasteiger partial charge in [-0.25, -0.2) is 0 Å². The molecule has 3 heteroatoms. The van der Waals surface area contributed by atoms with E-state index in [0.717, 1.165) is 18.9 Å². The number of nitrogens with one attached hydrogen (secondary N) is 1. The molecular weight excluding hydrogens is 174 g/mol. The monoisotopic (exact) mass is 189 g/mol. The molecule has 0 fully saturated rings. The second kappa shape index (κ2) is 3.70. The summed E-state index contributed by atoms with van der Waals surface area (Å²) < 4.78 is 0. The van der Waals surface area contributed by atoms with Crippen LogP contribution in [0, 0.1) is 0 Å². The minimum Gasteiger partial charge on any atom is -0.378 e. The van der Waals surface area contributed by atoms with E-state index in [1.165, 1.54) is 11.3 Å². The van der Waals surface area contributed by atoms with Crippen LogP contribution in [-0.2, 0) is 0 Å². The average Bonchev–Trinajstić information content (AvgIpc) is 2.71. The van der Waals surface area contributed by atoms with Crippen molar-refractivity contribution in [1.29, 1.82) is 0 Å². The van der Waals surface area contributed by atoms with Crippen molar-refractivity contribution in [1.82, 2.24) is 5.32 Å². The van der Waals surface area contributed by atoms with Crippen molar-refractivity contribution in [3.8, 4) is 0 Å². The van der Waals surface area contributed by atoms with Gasteiger partial charge < -0.3 is 10.2 Å². The van der Waals surface area contributed by atoms with Crippen molar-refractivity contribution < 1.29 is 0 Å². The van der Waals surface area contributed by atoms with Crippen LogP contribution in [0.4, 0.5) is 5.69 Å². The topological polar surface area (TPSA) is 27.6 Å². The summed E-state index contributed by atoms with van der Waals surface area (Å²) in [6.45, 7) is 1.85. The van der Waals surface area contributed by atoms with Crippen molar-refractivity contribution in [3.05, 3.63) is 29.8 Å². The SMILES string of the molecule is CN(C)c1cccc(C2=NCCN2)c1. The number of rotatable bonds is 2. The van der Waals surface area contributed by atoms with E-state index < -0.39 is 0 Å². The summed E-state index contributed by atoms with van der Waals surface area (Å²) in [6.07, 6.45) is 0. The Labute approximate surface area is 84.5 Å². The number of hydrogen-bond donors (Lipinski definition) is 1. The highest BCUT2D eigenvalue weighted by molar-refractivity contribution is 6.00. The average molecular weight is 189 g/mol. The molecule has 0 atom stereocenters. The van der Waals surface area contributed by atoms with E-state index in [-0.39, 0.29) is 0 Å². The zero-order valence-corrected chi connectivity index (χ0v) is 8.62. The van der Waals surface area contributed by atoms with Gasteiger partial charge in [0, 0.05) is 31.9 Å². The molecule has 0 unspecified atom stereocenters. The van der Waals surface area contributed by atoms with Gasteiger partial charge in [-0.15, -0.1) is 0 Å². The fraction of sp³-hybridized carbons (Fsp3) is 0.364. The van der Waals surface area contributed by atoms with E-state index in [1.54, 1.807) is 0 Å². The molecule has 1 aliphatic heterocycles. The molecule has 1 aliphatic rings. The summed E-state index contributed by atoms with van der Waals surface area (Å²) >= 11 is 0. The van der Waals surface area contributed by atoms with E-state index in [1.807, 2.05) is 14.1 Å². The first-order valence-corrected chi connectivity index (χ1v) is 4.83. The molecule has 0 bridgehead atoms. The smallest absolute Gasteiger partial charge is 0.128 e. The summed E-state index contributed by atoms with van der Waals surface area (Å²) in [4.78, 5) is 6.49. The van der Waals surface area contributed by atoms with Crippen LogP contribution in [0.2, 0.25) is 0 Å². The van der Waals surface area contributed by atoms with Gasteiger partial charge in [-0.05, 0) is 12.1 Å². The third-order valence-electron chi connectivity index (χ3n) is 2.31. The highest BCUT2D eigenvalue weighted by atomic mass is 15.1. The Morgan fingerprint density at radius 3 is 2.86 bits per heavy atom. The summed E-state index contributed by atoms with van der Waals surface area (Å²) in [6, 6.07) is 8.40. The molecule has 14 heavy (non-hydrogen) atoms. The predicted molar refractivity (Wildman–Crippen MR) is 60.2 cm³/mol. The van der Waals surface area contributed by atoms with Gasteiger partial charge in [0.15, 0.2) is 0 Å². The van der Waals surface area contributed by atoms with Gasteiger partial charge in [0.1, 0.15) is 5.84 Å². The Balaban J connectivity index is 2.30. The van der Waals surface area contributed by atoms with Gasteiger partial charge in [0.05, 0.1) is 6.54 Å². The summed E-state index contributed by atoms with van der Waals surface area (Å²) in [5.41, 5.74) is 2.38. The molecule has 0 spiro atoms. The molecule has 1 aromatic rings. The van der Waals surface area contributed by atoms with Crippen LogP contribution in [0.3, 0.4) is 0 Å². The van der Waals surface area contributed by atoms with Crippen LogP contribution in [0.1, 0.15) is 5.56 Å². The number of hydrogen-bond acceptors (Lipinski definition) is 3. The number of aliphatic imine (C=N–C) groups is 1. The van der Waals surface area contributed by atoms with Crippen LogP contribution in [0.15, 0.2) is 29.3 Å². The lowest BCUT2D eigenvalue weighted by molar-refractivity contribution is 0.960. The Morgan fingerprint density at radius 1 is 1.36 bits per heavy atom. The van der Waals surface area contributed by atoms with Crippen molar-refractivity contribution in [2.24, 2.45) is 4.99 Å². The normalized spacial score (nSPS) is 14.9. The maximum atomic E-state index is 4.39. The first-order valence-electron chi connectivity index (χ1n) is 4.83. The Hall–Kier alpha value is -1.51. The summed E-state index contributed by atoms with van der Waals surface area (Å²) in [5.74, 6) is 1.02. The van der Waals surface area contributed by atoms with Crippen LogP contribution in [0.5, 0.6) is 0 Å². The molecular formula is C11H15N3. The number of amidine groups is 1. The summed E-state index contributed by atoms with van der Waals surface area (Å²) in [7, 11) is 4.09. The van der Waals surface area contributed by atoms with E-state index in [9.17, 15) is 0 Å². The molecule has 0 saturated carbocycles. The maximum Gasteiger partial charge on any atom is 0.128 e. The largest absolute Gasteiger partial charge is 0.378 e. The van der Waals surface area contributed by atoms with Gasteiger partial charge in [-0.2, -0.15) is 0 Å². The van der Waals surface area contributed by atoms with Gasteiger partial charge in [-0.1, -0.05) is 12.1 Å². The number of anilines is 1. The molecule has 74 valence electrons. The second-order valence-electron chi connectivity index (χ2n) is 3.60. The van der Waals surface area contributed by atoms with Gasteiger partial charge >= 0.3 is 0 Å². The molecule has 0 aliphatic carbocycles. The molecule has 2 rings (SSSR count). The first-order chi connectivity index (χ1) is 6.77. The Bertz CT molecular complexity index is 355. The number of nitrogens with zero attached hydrogens (tertiary/aromatic N) is 2. The van der Waals surface area contributed by atoms with E-state index in [2.05, 4.69) is 39.5 Å². The molecule has 0 radical (unpaired) electrons. The lowest BCUT2D eigenvalue weighted by Crippen LogP contribution is -2.20. The third-order valence-corrected chi connectivity index (χ3v) is 2.31. The molecule has 1 heterocycles. The van der Waals surface area contributed by atoms with E-state index in [0.29, 0.717) is 0 Å². The zero-order valence-electron chi connectivity index (χ0n) is 8.62. The van der Waals surface area contributed by atoms with Crippen LogP contribution in [-0.4, -0.2) is 33.0 Å². The van der Waals surface area contributed by atoms with Gasteiger partial charge in [0.2, 0.25) is 0 Å². The molecule has 1 aromatic carbocycles. The Morgan fingerprint density at radius 2 is 2.21 bits per heavy atom. The van der Waals surface area contributed by atoms with Gasteiger partial charge in [0.25, 0.3) is 0 Å². The second-order valence-corrected chi connectivity index (χ2v) is 3.60. The van der Waals surface area contributed by atoms with Crippen molar-refractivity contribution in [2.45, 2.75) is 0 Å². The summed E-state index contributed by atoms with van der Waals surface area (Å²) in [5, 5.41) is 3.27.